The molecule has 0 amide bonds. The maximum atomic E-state index is 3.28. The van der Waals surface area contributed by atoms with Crippen LogP contribution >= 0.6 is 12.9 Å². The van der Waals surface area contributed by atoms with Gasteiger partial charge in [-0.2, -0.15) is 0 Å². The maximum Gasteiger partial charge on any atom is 0.465 e. The summed E-state index contributed by atoms with van der Waals surface area (Å²) >= 11 is 3.51. The summed E-state index contributed by atoms with van der Waals surface area (Å²) < 4.78 is 0. The molecule has 0 saturated carbocycles. The van der Waals surface area contributed by atoms with Crippen LogP contribution in [-0.4, -0.2) is 18.2 Å². The molecule has 0 fully saturated rings. The minimum absolute atomic E-state index is 0.229. The number of benzene rings is 1. The van der Waals surface area contributed by atoms with Crippen molar-refractivity contribution in [3.05, 3.63) is 35.9 Å². The second-order valence-electron chi connectivity index (χ2n) is 1.92. The van der Waals surface area contributed by atoms with Crippen LogP contribution in [0.15, 0.2) is 30.3 Å². The molecule has 0 radical (unpaired) electrons. The first kappa shape index (κ1) is 10.5. The van der Waals surface area contributed by atoms with Gasteiger partial charge in [-0.15, -0.1) is 5.05 Å². The molecule has 0 atom stereocenters. The topological polar surface area (TPSA) is 0 Å². The Morgan fingerprint density at radius 2 is 1.60 bits per heavy atom. The summed E-state index contributed by atoms with van der Waals surface area (Å²) in [5, 5.41) is 2.18. The van der Waals surface area contributed by atoms with Crippen molar-refractivity contribution in [2.45, 2.75) is 12.0 Å². The van der Waals surface area contributed by atoms with Gasteiger partial charge in [0, 0.05) is 0 Å². The lowest BCUT2D eigenvalue weighted by atomic mass is 10.2. The van der Waals surface area contributed by atoms with Gasteiger partial charge in [-0.25, -0.2) is 0 Å². The van der Waals surface area contributed by atoms with E-state index in [4.69, 9.17) is 0 Å². The van der Waals surface area contributed by atoms with E-state index in [-0.39, 0.29) is 18.2 Å². The number of halogens is 1. The Labute approximate surface area is 78.6 Å². The normalized spacial score (nSPS) is 7.10. The Balaban J connectivity index is 0.000000236. The summed E-state index contributed by atoms with van der Waals surface area (Å²) in [7, 11) is 0. The maximum absolute atomic E-state index is 3.28. The van der Waals surface area contributed by atoms with Crippen LogP contribution in [0.3, 0.4) is 0 Å². The number of aryl methyl sites for hydroxylation is 1. The third kappa shape index (κ3) is 6.58. The molecule has 0 aliphatic heterocycles. The Kier molecular flexibility index (Phi) is 7.92. The molecular weight excluding hydrogens is 200 g/mol. The molecule has 1 aromatic rings. The number of hydrogen-bond acceptors (Lipinski definition) is 0. The van der Waals surface area contributed by atoms with E-state index in [0.717, 1.165) is 0 Å². The number of hydrogen-bond donors (Lipinski definition) is 0. The molecule has 0 aromatic heterocycles. The van der Waals surface area contributed by atoms with Gasteiger partial charge in [0.05, 0.1) is 0 Å². The zero-order valence-electron chi connectivity index (χ0n) is 6.47. The minimum atomic E-state index is 0.229. The Morgan fingerprint density at radius 1 is 1.20 bits per heavy atom. The molecule has 0 N–H and O–H groups in total. The molecule has 1 aromatic carbocycles. The van der Waals surface area contributed by atoms with Crippen molar-refractivity contribution in [1.29, 1.82) is 0 Å². The van der Waals surface area contributed by atoms with Crippen molar-refractivity contribution >= 4 is 31.1 Å². The highest BCUT2D eigenvalue weighted by atomic mass is 79.9. The zero-order chi connectivity index (χ0) is 7.82. The van der Waals surface area contributed by atoms with Gasteiger partial charge in [0.25, 0.3) is 0 Å². The van der Waals surface area contributed by atoms with Gasteiger partial charge < -0.3 is 12.9 Å². The van der Waals surface area contributed by atoms with Gasteiger partial charge in [-0.3, -0.25) is 0 Å². The van der Waals surface area contributed by atoms with Crippen LogP contribution in [-0.2, 0) is 0 Å². The predicted molar refractivity (Wildman–Crippen MR) is 51.7 cm³/mol. The Hall–Kier alpha value is 0.466. The van der Waals surface area contributed by atoms with Gasteiger partial charge in [-0.05, 0) is 6.92 Å². The van der Waals surface area contributed by atoms with Gasteiger partial charge in [0.15, 0.2) is 0 Å². The molecule has 52 valence electrons. The molecule has 0 saturated heterocycles. The van der Waals surface area contributed by atoms with E-state index in [9.17, 15) is 0 Å². The lowest BCUT2D eigenvalue weighted by molar-refractivity contribution is 1.48. The third-order valence-electron chi connectivity index (χ3n) is 0.940. The van der Waals surface area contributed by atoms with Gasteiger partial charge in [0.1, 0.15) is 0 Å². The molecule has 0 nitrogen and oxygen atoms in total. The van der Waals surface area contributed by atoms with Crippen molar-refractivity contribution in [3.63, 3.8) is 0 Å². The van der Waals surface area contributed by atoms with E-state index in [1.807, 2.05) is 18.2 Å². The van der Waals surface area contributed by atoms with Crippen molar-refractivity contribution in [3.8, 4) is 0 Å². The van der Waals surface area contributed by atoms with Gasteiger partial charge >= 0.3 is 18.2 Å². The first-order valence-electron chi connectivity index (χ1n) is 3.39. The lowest BCUT2D eigenvalue weighted by Crippen LogP contribution is -1.62. The van der Waals surface area contributed by atoms with E-state index in [2.05, 4.69) is 37.0 Å². The van der Waals surface area contributed by atoms with Crippen LogP contribution in [0.25, 0.3) is 0 Å². The fraction of sp³-hybridized carbons (Fsp3) is 0.250. The fourth-order valence-electron chi connectivity index (χ4n) is 0.534. The van der Waals surface area contributed by atoms with E-state index in [0.29, 0.717) is 0 Å². The van der Waals surface area contributed by atoms with E-state index >= 15 is 0 Å². The highest BCUT2D eigenvalue weighted by Crippen LogP contribution is 1.92. The fourth-order valence-corrected chi connectivity index (χ4v) is 0.534. The quantitative estimate of drug-likeness (QED) is 0.579. The average molecular weight is 211 g/mol. The van der Waals surface area contributed by atoms with Crippen LogP contribution in [0.1, 0.15) is 5.56 Å². The average Bonchev–Trinajstić information content (AvgIpc) is 1.91. The monoisotopic (exact) mass is 210 g/mol. The molecule has 2 heteroatoms. The van der Waals surface area contributed by atoms with Crippen molar-refractivity contribution < 1.29 is 0 Å². The van der Waals surface area contributed by atoms with Crippen molar-refractivity contribution in [2.75, 3.05) is 0 Å². The van der Waals surface area contributed by atoms with Gasteiger partial charge in [-0.1, -0.05) is 35.9 Å². The molecule has 10 heavy (non-hydrogen) atoms. The van der Waals surface area contributed by atoms with Gasteiger partial charge in [0.2, 0.25) is 0 Å². The van der Waals surface area contributed by atoms with E-state index in [1.54, 1.807) is 0 Å². The summed E-state index contributed by atoms with van der Waals surface area (Å²) in [5.74, 6) is 0. The van der Waals surface area contributed by atoms with E-state index < -0.39 is 0 Å². The Bertz CT molecular complexity index is 151. The summed E-state index contributed by atoms with van der Waals surface area (Å²) in [5.41, 5.74) is 1.32. The standard InChI is InChI=1S/C7H8.CH3.BrH.Mg/c1-7-5-3-2-4-6-7;;;/h2-6H,1H3;1H3;1H;/q;;;+1/p-1. The van der Waals surface area contributed by atoms with Crippen LogP contribution < -0.4 is 0 Å². The predicted octanol–water partition coefficient (Wildman–Crippen LogP) is 3.04. The largest absolute Gasteiger partial charge is 0.465 e. The van der Waals surface area contributed by atoms with Crippen LogP contribution in [0.2, 0.25) is 5.05 Å². The molecular formula is C8H11BrMg. The van der Waals surface area contributed by atoms with Crippen LogP contribution in [0.4, 0.5) is 0 Å². The third-order valence-corrected chi connectivity index (χ3v) is 0.940. The summed E-state index contributed by atoms with van der Waals surface area (Å²) in [6.45, 7) is 2.08. The lowest BCUT2D eigenvalue weighted by Gasteiger charge is -1.82. The van der Waals surface area contributed by atoms with Crippen LogP contribution in [0.5, 0.6) is 0 Å². The molecule has 0 aliphatic carbocycles. The molecule has 0 unspecified atom stereocenters. The zero-order valence-corrected chi connectivity index (χ0v) is 9.47. The van der Waals surface area contributed by atoms with Crippen molar-refractivity contribution in [1.82, 2.24) is 0 Å². The first-order valence-corrected chi connectivity index (χ1v) is 8.70. The first-order chi connectivity index (χ1) is 4.81. The summed E-state index contributed by atoms with van der Waals surface area (Å²) in [6, 6.07) is 10.3. The molecule has 0 spiro atoms. The minimum Gasteiger partial charge on any atom is -0.307 e. The summed E-state index contributed by atoms with van der Waals surface area (Å²) in [6.07, 6.45) is 0. The summed E-state index contributed by atoms with van der Waals surface area (Å²) in [4.78, 5) is 0. The molecule has 1 rings (SSSR count). The smallest absolute Gasteiger partial charge is 0.307 e. The van der Waals surface area contributed by atoms with Crippen LogP contribution in [0, 0.1) is 6.92 Å². The van der Waals surface area contributed by atoms with Crippen molar-refractivity contribution in [2.24, 2.45) is 0 Å². The molecule has 0 heterocycles. The Morgan fingerprint density at radius 3 is 1.80 bits per heavy atom. The molecule has 0 aliphatic rings. The number of rotatable bonds is 0. The molecule has 0 bridgehead atoms. The highest BCUT2D eigenvalue weighted by molar-refractivity contribution is 9.23. The second-order valence-corrected chi connectivity index (χ2v) is 5.82. The second kappa shape index (κ2) is 7.57. The highest BCUT2D eigenvalue weighted by Gasteiger charge is 1.72. The van der Waals surface area contributed by atoms with E-state index in [1.165, 1.54) is 5.56 Å². The SMILES string of the molecule is Cc1ccccc1.[CH3][Mg][Br].